The molecular weight excluding hydrogens is 480 g/mol. The standard InChI is InChI=1S/C40H24/c1-2-7-35-25(4-1)8-14-33-24-32(18-20-36(33)35)29-11-12-31-23-34(15-13-30(31)22-29)37-19-16-28-10-9-26-5-3-6-27-17-21-38(37)40(28)39(26)27/h1-24H. The zero-order valence-electron chi connectivity index (χ0n) is 21.9. The molecule has 0 heterocycles. The predicted molar refractivity (Wildman–Crippen MR) is 174 cm³/mol. The van der Waals surface area contributed by atoms with Crippen molar-refractivity contribution in [1.29, 1.82) is 0 Å². The Morgan fingerprint density at radius 3 is 1.60 bits per heavy atom. The average molecular weight is 505 g/mol. The van der Waals surface area contributed by atoms with Crippen molar-refractivity contribution in [3.63, 3.8) is 0 Å². The van der Waals surface area contributed by atoms with Crippen molar-refractivity contribution in [3.05, 3.63) is 146 Å². The van der Waals surface area contributed by atoms with Crippen LogP contribution in [0.25, 0.3) is 86.9 Å². The minimum atomic E-state index is 1.25. The Hall–Kier alpha value is -5.20. The molecule has 0 unspecified atom stereocenters. The van der Waals surface area contributed by atoms with Crippen LogP contribution in [0.3, 0.4) is 0 Å². The Kier molecular flexibility index (Phi) is 4.42. The quantitative estimate of drug-likeness (QED) is 0.205. The third-order valence-corrected chi connectivity index (χ3v) is 8.76. The molecule has 0 bridgehead atoms. The van der Waals surface area contributed by atoms with Crippen LogP contribution in [0.5, 0.6) is 0 Å². The Labute approximate surface area is 232 Å². The Morgan fingerprint density at radius 2 is 0.750 bits per heavy atom. The van der Waals surface area contributed by atoms with Crippen LogP contribution in [0.15, 0.2) is 146 Å². The smallest absolute Gasteiger partial charge is 0.00206 e. The Balaban J connectivity index is 1.16. The van der Waals surface area contributed by atoms with Gasteiger partial charge in [-0.1, -0.05) is 127 Å². The van der Waals surface area contributed by atoms with E-state index in [2.05, 4.69) is 146 Å². The molecule has 184 valence electrons. The Morgan fingerprint density at radius 1 is 0.250 bits per heavy atom. The number of fused-ring (bicyclic) bond motifs is 4. The number of hydrogen-bond acceptors (Lipinski definition) is 0. The SMILES string of the molecule is c1ccc2c(c1)ccc1cc(-c3ccc4cc(-c5ccc6ccc7cccc8ccc5c6c78)ccc4c3)ccc12. The van der Waals surface area contributed by atoms with Gasteiger partial charge in [0.05, 0.1) is 0 Å². The zero-order chi connectivity index (χ0) is 26.2. The van der Waals surface area contributed by atoms with E-state index >= 15 is 0 Å². The molecule has 0 fully saturated rings. The van der Waals surface area contributed by atoms with Gasteiger partial charge in [-0.15, -0.1) is 0 Å². The second kappa shape index (κ2) is 8.15. The highest BCUT2D eigenvalue weighted by Crippen LogP contribution is 2.40. The van der Waals surface area contributed by atoms with Crippen molar-refractivity contribution in [3.8, 4) is 22.3 Å². The van der Waals surface area contributed by atoms with E-state index in [1.165, 1.54) is 86.9 Å². The molecule has 0 heteroatoms. The van der Waals surface area contributed by atoms with Gasteiger partial charge < -0.3 is 0 Å². The van der Waals surface area contributed by atoms with Crippen LogP contribution in [0, 0.1) is 0 Å². The van der Waals surface area contributed by atoms with E-state index in [0.717, 1.165) is 0 Å². The highest BCUT2D eigenvalue weighted by Gasteiger charge is 2.12. The van der Waals surface area contributed by atoms with Gasteiger partial charge in [0, 0.05) is 0 Å². The fourth-order valence-electron chi connectivity index (χ4n) is 6.77. The van der Waals surface area contributed by atoms with E-state index in [1.807, 2.05) is 0 Å². The largest absolute Gasteiger partial charge is 0.0616 e. The highest BCUT2D eigenvalue weighted by molar-refractivity contribution is 6.25. The van der Waals surface area contributed by atoms with Gasteiger partial charge in [0.2, 0.25) is 0 Å². The predicted octanol–water partition coefficient (Wildman–Crippen LogP) is 11.4. The van der Waals surface area contributed by atoms with Gasteiger partial charge in [0.25, 0.3) is 0 Å². The molecule has 0 aliphatic rings. The molecule has 0 atom stereocenters. The van der Waals surface area contributed by atoms with Crippen molar-refractivity contribution in [2.45, 2.75) is 0 Å². The first kappa shape index (κ1) is 21.7. The van der Waals surface area contributed by atoms with E-state index < -0.39 is 0 Å². The molecule has 0 amide bonds. The summed E-state index contributed by atoms with van der Waals surface area (Å²) in [6, 6.07) is 53.9. The highest BCUT2D eigenvalue weighted by atomic mass is 14.2. The van der Waals surface area contributed by atoms with Gasteiger partial charge in [-0.2, -0.15) is 0 Å². The van der Waals surface area contributed by atoms with Crippen molar-refractivity contribution in [2.24, 2.45) is 0 Å². The summed E-state index contributed by atoms with van der Waals surface area (Å²) in [6.07, 6.45) is 0. The van der Waals surface area contributed by atoms with Crippen molar-refractivity contribution in [1.82, 2.24) is 0 Å². The lowest BCUT2D eigenvalue weighted by atomic mass is 9.89. The van der Waals surface area contributed by atoms with Crippen LogP contribution >= 0.6 is 0 Å². The molecule has 0 nitrogen and oxygen atoms in total. The number of rotatable bonds is 2. The van der Waals surface area contributed by atoms with Gasteiger partial charge >= 0.3 is 0 Å². The van der Waals surface area contributed by atoms with E-state index in [4.69, 9.17) is 0 Å². The van der Waals surface area contributed by atoms with Gasteiger partial charge in [-0.05, 0) is 105 Å². The second-order valence-corrected chi connectivity index (χ2v) is 11.0. The van der Waals surface area contributed by atoms with E-state index in [-0.39, 0.29) is 0 Å². The summed E-state index contributed by atoms with van der Waals surface area (Å²) in [7, 11) is 0. The van der Waals surface area contributed by atoms with Crippen LogP contribution in [0.1, 0.15) is 0 Å². The van der Waals surface area contributed by atoms with Crippen LogP contribution < -0.4 is 0 Å². The summed E-state index contributed by atoms with van der Waals surface area (Å²) in [5, 5.41) is 15.7. The van der Waals surface area contributed by atoms with Gasteiger partial charge in [0.15, 0.2) is 0 Å². The number of benzene rings is 9. The van der Waals surface area contributed by atoms with Gasteiger partial charge in [0.1, 0.15) is 0 Å². The first-order valence-corrected chi connectivity index (χ1v) is 13.9. The van der Waals surface area contributed by atoms with Gasteiger partial charge in [-0.25, -0.2) is 0 Å². The molecular formula is C40H24. The molecule has 0 aromatic heterocycles. The second-order valence-electron chi connectivity index (χ2n) is 11.0. The van der Waals surface area contributed by atoms with E-state index in [9.17, 15) is 0 Å². The van der Waals surface area contributed by atoms with E-state index in [1.54, 1.807) is 0 Å². The monoisotopic (exact) mass is 504 g/mol. The summed E-state index contributed by atoms with van der Waals surface area (Å²) >= 11 is 0. The summed E-state index contributed by atoms with van der Waals surface area (Å²) in [5.41, 5.74) is 5.05. The van der Waals surface area contributed by atoms with Crippen LogP contribution in [-0.2, 0) is 0 Å². The summed E-state index contributed by atoms with van der Waals surface area (Å²) < 4.78 is 0. The molecule has 0 N–H and O–H groups in total. The molecule has 0 aliphatic carbocycles. The van der Waals surface area contributed by atoms with Crippen molar-refractivity contribution < 1.29 is 0 Å². The summed E-state index contributed by atoms with van der Waals surface area (Å²) in [5.74, 6) is 0. The molecule has 9 aromatic rings. The molecule has 9 aromatic carbocycles. The summed E-state index contributed by atoms with van der Waals surface area (Å²) in [6.45, 7) is 0. The maximum absolute atomic E-state index is 2.35. The third kappa shape index (κ3) is 3.14. The lowest BCUT2D eigenvalue weighted by Gasteiger charge is -2.14. The van der Waals surface area contributed by atoms with Crippen LogP contribution in [-0.4, -0.2) is 0 Å². The molecule has 0 saturated carbocycles. The van der Waals surface area contributed by atoms with Crippen LogP contribution in [0.2, 0.25) is 0 Å². The minimum absolute atomic E-state index is 1.25. The molecule has 0 aliphatic heterocycles. The molecule has 0 saturated heterocycles. The topological polar surface area (TPSA) is 0 Å². The van der Waals surface area contributed by atoms with Crippen LogP contribution in [0.4, 0.5) is 0 Å². The fourth-order valence-corrected chi connectivity index (χ4v) is 6.77. The van der Waals surface area contributed by atoms with Gasteiger partial charge in [-0.3, -0.25) is 0 Å². The van der Waals surface area contributed by atoms with E-state index in [0.29, 0.717) is 0 Å². The fraction of sp³-hybridized carbons (Fsp3) is 0. The molecule has 40 heavy (non-hydrogen) atoms. The molecule has 9 rings (SSSR count). The first-order chi connectivity index (χ1) is 19.8. The zero-order valence-corrected chi connectivity index (χ0v) is 21.9. The lowest BCUT2D eigenvalue weighted by molar-refractivity contribution is 1.67. The van der Waals surface area contributed by atoms with Crippen molar-refractivity contribution >= 4 is 64.6 Å². The first-order valence-electron chi connectivity index (χ1n) is 13.9. The maximum Gasteiger partial charge on any atom is -0.00206 e. The lowest BCUT2D eigenvalue weighted by Crippen LogP contribution is -1.87. The molecule has 0 spiro atoms. The minimum Gasteiger partial charge on any atom is -0.0616 e. The van der Waals surface area contributed by atoms with Crippen molar-refractivity contribution in [2.75, 3.05) is 0 Å². The summed E-state index contributed by atoms with van der Waals surface area (Å²) in [4.78, 5) is 0. The molecule has 0 radical (unpaired) electrons. The third-order valence-electron chi connectivity index (χ3n) is 8.76. The average Bonchev–Trinajstić information content (AvgIpc) is 3.02. The maximum atomic E-state index is 2.35. The number of hydrogen-bond donors (Lipinski definition) is 0. The normalized spacial score (nSPS) is 12.0. The Bertz CT molecular complexity index is 2410.